The smallest absolute Gasteiger partial charge is 0.414 e. The highest BCUT2D eigenvalue weighted by Crippen LogP contribution is 2.35. The third-order valence-electron chi connectivity index (χ3n) is 3.89. The normalized spacial score (nSPS) is 18.1. The molecule has 1 fully saturated rings. The van der Waals surface area contributed by atoms with Gasteiger partial charge in [-0.05, 0) is 38.5 Å². The minimum absolute atomic E-state index is 0.156. The Balaban J connectivity index is 1.88. The number of rotatable bonds is 4. The maximum absolute atomic E-state index is 14.5. The maximum Gasteiger partial charge on any atom is 0.414 e. The molecule has 2 heterocycles. The number of nitrogens with zero attached hydrogens (tertiary/aromatic N) is 2. The quantitative estimate of drug-likeness (QED) is 0.908. The van der Waals surface area contributed by atoms with Crippen molar-refractivity contribution in [2.75, 3.05) is 11.4 Å². The monoisotopic (exact) mass is 350 g/mol. The number of halogens is 1. The predicted octanol–water partition coefficient (Wildman–Crippen LogP) is 3.91. The van der Waals surface area contributed by atoms with E-state index in [-0.39, 0.29) is 6.10 Å². The van der Waals surface area contributed by atoms with Crippen LogP contribution in [0.1, 0.15) is 32.2 Å². The number of cyclic esters (lactones) is 1. The standard InChI is InChI=1S/C17H19FN2O3S/c1-4-11-9-20(16(21)23-11)10-5-6-12(13(18)7-10)14-8-19-15(24-14)17(2,3)22/h5-8,11,22H,4,9H2,1-3H3/t11-/m0/s1. The van der Waals surface area contributed by atoms with Crippen molar-refractivity contribution in [3.8, 4) is 10.4 Å². The molecule has 24 heavy (non-hydrogen) atoms. The van der Waals surface area contributed by atoms with Crippen LogP contribution in [0.2, 0.25) is 0 Å². The van der Waals surface area contributed by atoms with Crippen LogP contribution >= 0.6 is 11.3 Å². The SMILES string of the molecule is CC[C@H]1CN(c2ccc(-c3cnc(C(C)(C)O)s3)c(F)c2)C(=O)O1. The summed E-state index contributed by atoms with van der Waals surface area (Å²) in [5, 5.41) is 10.5. The van der Waals surface area contributed by atoms with E-state index in [1.807, 2.05) is 6.92 Å². The second-order valence-corrected chi connectivity index (χ2v) is 7.31. The largest absolute Gasteiger partial charge is 0.444 e. The Morgan fingerprint density at radius 2 is 2.25 bits per heavy atom. The molecule has 5 nitrogen and oxygen atoms in total. The molecule has 1 aromatic carbocycles. The van der Waals surface area contributed by atoms with Crippen LogP contribution in [0.5, 0.6) is 0 Å². The third kappa shape index (κ3) is 3.14. The molecule has 0 unspecified atom stereocenters. The number of carbonyl (C=O) groups excluding carboxylic acids is 1. The third-order valence-corrected chi connectivity index (χ3v) is 5.23. The van der Waals surface area contributed by atoms with E-state index in [1.165, 1.54) is 22.3 Å². The first-order valence-corrected chi connectivity index (χ1v) is 8.58. The van der Waals surface area contributed by atoms with E-state index in [4.69, 9.17) is 4.74 Å². The van der Waals surface area contributed by atoms with E-state index in [0.717, 1.165) is 6.42 Å². The average Bonchev–Trinajstić information content (AvgIpc) is 3.13. The average molecular weight is 350 g/mol. The lowest BCUT2D eigenvalue weighted by molar-refractivity contribution is 0.0783. The van der Waals surface area contributed by atoms with Crippen LogP contribution in [-0.2, 0) is 10.3 Å². The topological polar surface area (TPSA) is 62.7 Å². The lowest BCUT2D eigenvalue weighted by Crippen LogP contribution is -2.24. The molecule has 0 spiro atoms. The van der Waals surface area contributed by atoms with Gasteiger partial charge in [-0.1, -0.05) is 6.92 Å². The summed E-state index contributed by atoms with van der Waals surface area (Å²) >= 11 is 1.24. The van der Waals surface area contributed by atoms with Gasteiger partial charge in [0.1, 0.15) is 22.5 Å². The Labute approximate surface area is 143 Å². The minimum atomic E-state index is -1.06. The summed E-state index contributed by atoms with van der Waals surface area (Å²) in [4.78, 5) is 18.1. The number of hydrogen-bond acceptors (Lipinski definition) is 5. The molecule has 3 rings (SSSR count). The Morgan fingerprint density at radius 3 is 2.79 bits per heavy atom. The summed E-state index contributed by atoms with van der Waals surface area (Å²) in [6.07, 6.45) is 1.67. The highest BCUT2D eigenvalue weighted by molar-refractivity contribution is 7.15. The van der Waals surface area contributed by atoms with Crippen molar-refractivity contribution >= 4 is 23.1 Å². The summed E-state index contributed by atoms with van der Waals surface area (Å²) in [7, 11) is 0. The number of aliphatic hydroxyl groups is 1. The molecule has 1 aromatic heterocycles. The van der Waals surface area contributed by atoms with Crippen molar-refractivity contribution < 1.29 is 19.0 Å². The lowest BCUT2D eigenvalue weighted by atomic mass is 10.1. The molecule has 2 aromatic rings. The molecule has 1 saturated heterocycles. The van der Waals surface area contributed by atoms with Gasteiger partial charge in [0.15, 0.2) is 0 Å². The van der Waals surface area contributed by atoms with E-state index in [9.17, 15) is 14.3 Å². The molecule has 1 aliphatic rings. The number of aromatic nitrogens is 1. The Bertz CT molecular complexity index is 769. The van der Waals surface area contributed by atoms with Crippen molar-refractivity contribution in [1.29, 1.82) is 0 Å². The van der Waals surface area contributed by atoms with Crippen LogP contribution in [0, 0.1) is 5.82 Å². The van der Waals surface area contributed by atoms with Gasteiger partial charge in [0, 0.05) is 11.8 Å². The fourth-order valence-corrected chi connectivity index (χ4v) is 3.44. The maximum atomic E-state index is 14.5. The van der Waals surface area contributed by atoms with Gasteiger partial charge in [-0.25, -0.2) is 14.2 Å². The molecule has 0 radical (unpaired) electrons. The van der Waals surface area contributed by atoms with E-state index >= 15 is 0 Å². The number of amides is 1. The van der Waals surface area contributed by atoms with Crippen LogP contribution in [-0.4, -0.2) is 28.8 Å². The van der Waals surface area contributed by atoms with Gasteiger partial charge in [0.05, 0.1) is 17.1 Å². The van der Waals surface area contributed by atoms with Crippen LogP contribution in [0.4, 0.5) is 14.9 Å². The summed E-state index contributed by atoms with van der Waals surface area (Å²) in [6.45, 7) is 5.64. The zero-order chi connectivity index (χ0) is 17.5. The molecule has 1 N–H and O–H groups in total. The lowest BCUT2D eigenvalue weighted by Gasteiger charge is -2.14. The molecular weight excluding hydrogens is 331 g/mol. The van der Waals surface area contributed by atoms with Gasteiger partial charge in [-0.2, -0.15) is 0 Å². The van der Waals surface area contributed by atoms with Crippen molar-refractivity contribution in [3.05, 3.63) is 35.2 Å². The van der Waals surface area contributed by atoms with Crippen LogP contribution < -0.4 is 4.90 Å². The van der Waals surface area contributed by atoms with Crippen molar-refractivity contribution in [2.45, 2.75) is 38.9 Å². The highest BCUT2D eigenvalue weighted by atomic mass is 32.1. The second-order valence-electron chi connectivity index (χ2n) is 6.28. The zero-order valence-corrected chi connectivity index (χ0v) is 14.6. The molecular formula is C17H19FN2O3S. The van der Waals surface area contributed by atoms with Gasteiger partial charge in [0.25, 0.3) is 0 Å². The predicted molar refractivity (Wildman–Crippen MR) is 90.7 cm³/mol. The van der Waals surface area contributed by atoms with Crippen molar-refractivity contribution in [3.63, 3.8) is 0 Å². The molecule has 7 heteroatoms. The number of ether oxygens (including phenoxy) is 1. The molecule has 0 aliphatic carbocycles. The number of hydrogen-bond donors (Lipinski definition) is 1. The summed E-state index contributed by atoms with van der Waals surface area (Å²) in [6, 6.07) is 4.65. The Hall–Kier alpha value is -1.99. The van der Waals surface area contributed by atoms with Crippen LogP contribution in [0.15, 0.2) is 24.4 Å². The number of benzene rings is 1. The van der Waals surface area contributed by atoms with Crippen molar-refractivity contribution in [2.24, 2.45) is 0 Å². The van der Waals surface area contributed by atoms with Gasteiger partial charge in [-0.3, -0.25) is 4.90 Å². The molecule has 1 amide bonds. The first kappa shape index (κ1) is 16.9. The Kier molecular flexibility index (Phi) is 4.31. The van der Waals surface area contributed by atoms with Crippen LogP contribution in [0.3, 0.4) is 0 Å². The van der Waals surface area contributed by atoms with E-state index in [1.54, 1.807) is 32.2 Å². The fourth-order valence-electron chi connectivity index (χ4n) is 2.50. The number of anilines is 1. The van der Waals surface area contributed by atoms with E-state index < -0.39 is 17.5 Å². The van der Waals surface area contributed by atoms with Gasteiger partial charge < -0.3 is 9.84 Å². The van der Waals surface area contributed by atoms with E-state index in [0.29, 0.717) is 27.7 Å². The fraction of sp³-hybridized carbons (Fsp3) is 0.412. The molecule has 128 valence electrons. The first-order chi connectivity index (χ1) is 11.3. The first-order valence-electron chi connectivity index (χ1n) is 7.76. The molecule has 0 bridgehead atoms. The summed E-state index contributed by atoms with van der Waals surface area (Å²) < 4.78 is 19.7. The Morgan fingerprint density at radius 1 is 1.50 bits per heavy atom. The minimum Gasteiger partial charge on any atom is -0.444 e. The molecule has 0 saturated carbocycles. The molecule has 1 aliphatic heterocycles. The number of thiazole rings is 1. The zero-order valence-electron chi connectivity index (χ0n) is 13.7. The second kappa shape index (κ2) is 6.14. The van der Waals surface area contributed by atoms with Crippen molar-refractivity contribution in [1.82, 2.24) is 4.98 Å². The number of carbonyl (C=O) groups is 1. The molecule has 1 atom stereocenters. The van der Waals surface area contributed by atoms with Gasteiger partial charge >= 0.3 is 6.09 Å². The summed E-state index contributed by atoms with van der Waals surface area (Å²) in [5.41, 5.74) is -0.191. The van der Waals surface area contributed by atoms with Gasteiger partial charge in [-0.15, -0.1) is 11.3 Å². The summed E-state index contributed by atoms with van der Waals surface area (Å²) in [5.74, 6) is -0.439. The van der Waals surface area contributed by atoms with Gasteiger partial charge in [0.2, 0.25) is 0 Å². The van der Waals surface area contributed by atoms with Crippen LogP contribution in [0.25, 0.3) is 10.4 Å². The highest BCUT2D eigenvalue weighted by Gasteiger charge is 2.31. The van der Waals surface area contributed by atoms with E-state index in [2.05, 4.69) is 4.98 Å².